The van der Waals surface area contributed by atoms with E-state index in [-0.39, 0.29) is 6.04 Å². The van der Waals surface area contributed by atoms with Crippen LogP contribution in [0.4, 0.5) is 0 Å². The van der Waals surface area contributed by atoms with Crippen molar-refractivity contribution < 1.29 is 9.90 Å². The lowest BCUT2D eigenvalue weighted by atomic mass is 9.92. The Balaban J connectivity index is 2.36. The van der Waals surface area contributed by atoms with E-state index >= 15 is 0 Å². The number of carboxylic acids is 1. The van der Waals surface area contributed by atoms with Crippen LogP contribution < -0.4 is 5.32 Å². The molecule has 0 aromatic carbocycles. The minimum absolute atomic E-state index is 0.0351. The maximum absolute atomic E-state index is 11.2. The molecule has 2 atom stereocenters. The number of hydrogen-bond donors (Lipinski definition) is 2. The first-order chi connectivity index (χ1) is 8.54. The zero-order valence-corrected chi connectivity index (χ0v) is 11.2. The fourth-order valence-electron chi connectivity index (χ4n) is 2.55. The average Bonchev–Trinajstić information content (AvgIpc) is 2.71. The highest BCUT2D eigenvalue weighted by Gasteiger charge is 2.34. The van der Waals surface area contributed by atoms with Gasteiger partial charge in [-0.2, -0.15) is 0 Å². The van der Waals surface area contributed by atoms with Gasteiger partial charge in [-0.25, -0.2) is 4.98 Å². The molecule has 2 unspecified atom stereocenters. The number of carbonyl (C=O) groups is 1. The molecular formula is C13H21N3O2. The van der Waals surface area contributed by atoms with Gasteiger partial charge in [-0.1, -0.05) is 20.8 Å². The van der Waals surface area contributed by atoms with Crippen molar-refractivity contribution in [3.05, 3.63) is 17.7 Å². The Bertz CT molecular complexity index is 439. The molecule has 0 amide bonds. The number of aryl methyl sites for hydroxylation is 1. The van der Waals surface area contributed by atoms with Gasteiger partial charge < -0.3 is 9.67 Å². The van der Waals surface area contributed by atoms with E-state index in [4.69, 9.17) is 0 Å². The molecule has 1 aromatic heterocycles. The van der Waals surface area contributed by atoms with Gasteiger partial charge in [0, 0.05) is 18.7 Å². The molecule has 0 saturated carbocycles. The number of nitrogens with zero attached hydrogens (tertiary/aromatic N) is 2. The molecule has 0 aliphatic carbocycles. The molecule has 18 heavy (non-hydrogen) atoms. The predicted molar refractivity (Wildman–Crippen MR) is 68.4 cm³/mol. The Morgan fingerprint density at radius 2 is 2.39 bits per heavy atom. The average molecular weight is 251 g/mol. The minimum Gasteiger partial charge on any atom is -0.480 e. The lowest BCUT2D eigenvalue weighted by molar-refractivity contribution is -0.140. The summed E-state index contributed by atoms with van der Waals surface area (Å²) in [7, 11) is 0. The third-order valence-electron chi connectivity index (χ3n) is 3.48. The van der Waals surface area contributed by atoms with Crippen LogP contribution in [0, 0.1) is 5.92 Å². The van der Waals surface area contributed by atoms with Crippen LogP contribution in [-0.4, -0.2) is 26.7 Å². The van der Waals surface area contributed by atoms with Gasteiger partial charge in [0.2, 0.25) is 0 Å². The summed E-state index contributed by atoms with van der Waals surface area (Å²) in [5.74, 6) is -0.452. The van der Waals surface area contributed by atoms with Gasteiger partial charge in [-0.05, 0) is 12.3 Å². The molecule has 5 nitrogen and oxygen atoms in total. The van der Waals surface area contributed by atoms with Crippen molar-refractivity contribution in [1.29, 1.82) is 0 Å². The molecule has 2 heterocycles. The molecule has 5 heteroatoms. The summed E-state index contributed by atoms with van der Waals surface area (Å²) < 4.78 is 2.10. The van der Waals surface area contributed by atoms with Crippen LogP contribution in [0.2, 0.25) is 0 Å². The minimum atomic E-state index is -0.782. The van der Waals surface area contributed by atoms with Crippen molar-refractivity contribution in [2.24, 2.45) is 5.92 Å². The molecule has 0 saturated heterocycles. The first-order valence-corrected chi connectivity index (χ1v) is 6.57. The Hall–Kier alpha value is -1.36. The summed E-state index contributed by atoms with van der Waals surface area (Å²) in [6.07, 6.45) is 3.39. The van der Waals surface area contributed by atoms with Crippen molar-refractivity contribution in [1.82, 2.24) is 14.9 Å². The molecule has 0 fully saturated rings. The molecule has 2 N–H and O–H groups in total. The van der Waals surface area contributed by atoms with Gasteiger partial charge in [0.15, 0.2) is 0 Å². The summed E-state index contributed by atoms with van der Waals surface area (Å²) in [6.45, 7) is 7.19. The van der Waals surface area contributed by atoms with Crippen molar-refractivity contribution >= 4 is 5.97 Å². The maximum Gasteiger partial charge on any atom is 0.321 e. The number of carboxylic acid groups (broad SMARTS) is 1. The first-order valence-electron chi connectivity index (χ1n) is 6.57. The fraction of sp³-hybridized carbons (Fsp3) is 0.692. The quantitative estimate of drug-likeness (QED) is 0.852. The van der Waals surface area contributed by atoms with E-state index in [1.165, 1.54) is 0 Å². The van der Waals surface area contributed by atoms with Crippen LogP contribution in [-0.2, 0) is 17.8 Å². The second-order valence-electron chi connectivity index (χ2n) is 5.25. The number of fused-ring (bicyclic) bond motifs is 1. The van der Waals surface area contributed by atoms with E-state index in [0.29, 0.717) is 12.3 Å². The zero-order valence-electron chi connectivity index (χ0n) is 11.2. The number of hydrogen-bond acceptors (Lipinski definition) is 3. The van der Waals surface area contributed by atoms with Crippen LogP contribution in [0.1, 0.15) is 44.6 Å². The highest BCUT2D eigenvalue weighted by Crippen LogP contribution is 2.29. The third kappa shape index (κ3) is 2.27. The standard InChI is InChI=1S/C13H21N3O2/c1-4-5-16-7-14-12-10(16)6-9(13(17)18)15-11(12)8(2)3/h7-9,11,15H,4-6H2,1-3H3,(H,17,18). The van der Waals surface area contributed by atoms with E-state index in [1.54, 1.807) is 0 Å². The van der Waals surface area contributed by atoms with Crippen LogP contribution in [0.15, 0.2) is 6.33 Å². The molecule has 1 aliphatic rings. The molecule has 0 bridgehead atoms. The van der Waals surface area contributed by atoms with Crippen LogP contribution in [0.3, 0.4) is 0 Å². The maximum atomic E-state index is 11.2. The highest BCUT2D eigenvalue weighted by molar-refractivity contribution is 5.74. The molecule has 2 rings (SSSR count). The number of rotatable bonds is 4. The molecule has 0 spiro atoms. The lowest BCUT2D eigenvalue weighted by Crippen LogP contribution is -2.46. The summed E-state index contributed by atoms with van der Waals surface area (Å²) in [4.78, 5) is 15.7. The van der Waals surface area contributed by atoms with E-state index in [1.807, 2.05) is 6.33 Å². The monoisotopic (exact) mass is 251 g/mol. The van der Waals surface area contributed by atoms with E-state index in [0.717, 1.165) is 24.4 Å². The van der Waals surface area contributed by atoms with Gasteiger partial charge in [0.05, 0.1) is 18.1 Å². The molecule has 1 aliphatic heterocycles. The highest BCUT2D eigenvalue weighted by atomic mass is 16.4. The van der Waals surface area contributed by atoms with Gasteiger partial charge in [0.1, 0.15) is 6.04 Å². The molecule has 0 radical (unpaired) electrons. The Labute approximate surface area is 107 Å². The van der Waals surface area contributed by atoms with Crippen molar-refractivity contribution in [2.75, 3.05) is 0 Å². The predicted octanol–water partition coefficient (Wildman–Crippen LogP) is 1.59. The van der Waals surface area contributed by atoms with Gasteiger partial charge in [-0.15, -0.1) is 0 Å². The smallest absolute Gasteiger partial charge is 0.321 e. The number of aliphatic carboxylic acids is 1. The second-order valence-corrected chi connectivity index (χ2v) is 5.25. The largest absolute Gasteiger partial charge is 0.480 e. The van der Waals surface area contributed by atoms with E-state index < -0.39 is 12.0 Å². The number of imidazole rings is 1. The lowest BCUT2D eigenvalue weighted by Gasteiger charge is -2.31. The summed E-state index contributed by atoms with van der Waals surface area (Å²) >= 11 is 0. The van der Waals surface area contributed by atoms with Gasteiger partial charge >= 0.3 is 5.97 Å². The van der Waals surface area contributed by atoms with Crippen LogP contribution in [0.5, 0.6) is 0 Å². The van der Waals surface area contributed by atoms with Crippen LogP contribution >= 0.6 is 0 Å². The second kappa shape index (κ2) is 5.10. The summed E-state index contributed by atoms with van der Waals surface area (Å²) in [6, 6.07) is -0.467. The molecular weight excluding hydrogens is 230 g/mol. The van der Waals surface area contributed by atoms with Crippen molar-refractivity contribution in [2.45, 2.75) is 52.2 Å². The van der Waals surface area contributed by atoms with Crippen molar-refractivity contribution in [3.8, 4) is 0 Å². The Kier molecular flexibility index (Phi) is 3.71. The number of aromatic nitrogens is 2. The number of nitrogens with one attached hydrogen (secondary N) is 1. The van der Waals surface area contributed by atoms with E-state index in [2.05, 4.69) is 35.6 Å². The molecule has 1 aromatic rings. The van der Waals surface area contributed by atoms with Gasteiger partial charge in [-0.3, -0.25) is 10.1 Å². The normalized spacial score (nSPS) is 23.1. The zero-order chi connectivity index (χ0) is 13.3. The van der Waals surface area contributed by atoms with Crippen LogP contribution in [0.25, 0.3) is 0 Å². The van der Waals surface area contributed by atoms with Crippen molar-refractivity contribution in [3.63, 3.8) is 0 Å². The Morgan fingerprint density at radius 3 is 2.94 bits per heavy atom. The van der Waals surface area contributed by atoms with E-state index in [9.17, 15) is 9.90 Å². The first kappa shape index (κ1) is 13.1. The Morgan fingerprint density at radius 1 is 1.67 bits per heavy atom. The molecule has 100 valence electrons. The fourth-order valence-corrected chi connectivity index (χ4v) is 2.55. The summed E-state index contributed by atoms with van der Waals surface area (Å²) in [5.41, 5.74) is 2.11. The topological polar surface area (TPSA) is 67.2 Å². The SMILES string of the molecule is CCCn1cnc2c1CC(C(=O)O)NC2C(C)C. The third-order valence-corrected chi connectivity index (χ3v) is 3.48. The summed E-state index contributed by atoms with van der Waals surface area (Å²) in [5, 5.41) is 12.4. The van der Waals surface area contributed by atoms with Gasteiger partial charge in [0.25, 0.3) is 0 Å².